The van der Waals surface area contributed by atoms with Crippen LogP contribution < -0.4 is 15.5 Å². The molecule has 0 aliphatic heterocycles. The minimum atomic E-state index is -0.483. The largest absolute Gasteiger partial charge is 0.482 e. The van der Waals surface area contributed by atoms with Gasteiger partial charge in [0, 0.05) is 22.3 Å². The molecule has 0 saturated carbocycles. The molecule has 6 nitrogen and oxygen atoms in total. The molecule has 0 unspecified atom stereocenters. The van der Waals surface area contributed by atoms with Crippen molar-refractivity contribution in [1.29, 1.82) is 0 Å². The fraction of sp³-hybridized carbons (Fsp3) is 0.0870. The number of halogens is 4. The summed E-state index contributed by atoms with van der Waals surface area (Å²) >= 11 is 23.7. The van der Waals surface area contributed by atoms with Crippen LogP contribution >= 0.6 is 46.4 Å². The second kappa shape index (κ2) is 11.4. The highest BCUT2D eigenvalue weighted by molar-refractivity contribution is 6.43. The Morgan fingerprint density at radius 3 is 2.12 bits per heavy atom. The highest BCUT2D eigenvalue weighted by Gasteiger charge is 2.10. The van der Waals surface area contributed by atoms with Crippen molar-refractivity contribution in [2.24, 2.45) is 5.10 Å². The van der Waals surface area contributed by atoms with Crippen LogP contribution in [0.15, 0.2) is 65.8 Å². The molecule has 33 heavy (non-hydrogen) atoms. The summed E-state index contributed by atoms with van der Waals surface area (Å²) in [5.74, 6) is -0.499. The van der Waals surface area contributed by atoms with Gasteiger partial charge in [-0.3, -0.25) is 9.59 Å². The van der Waals surface area contributed by atoms with Gasteiger partial charge in [0.25, 0.3) is 11.8 Å². The van der Waals surface area contributed by atoms with Crippen LogP contribution in [0.25, 0.3) is 0 Å². The van der Waals surface area contributed by atoms with E-state index in [1.165, 1.54) is 12.1 Å². The zero-order valence-electron chi connectivity index (χ0n) is 17.2. The van der Waals surface area contributed by atoms with Crippen molar-refractivity contribution >= 4 is 69.6 Å². The van der Waals surface area contributed by atoms with Gasteiger partial charge in [-0.1, -0.05) is 58.5 Å². The Morgan fingerprint density at radius 2 is 1.45 bits per heavy atom. The van der Waals surface area contributed by atoms with E-state index in [0.717, 1.165) is 5.56 Å². The SMILES string of the molecule is C/C(=N/NC(=O)COc1cc(Cl)c(Cl)cc1Cl)c1ccc(NC(=O)c2ccc(Cl)cc2)cc1. The lowest BCUT2D eigenvalue weighted by Gasteiger charge is -2.09. The number of carbonyl (C=O) groups is 2. The number of nitrogens with zero attached hydrogens (tertiary/aromatic N) is 1. The third kappa shape index (κ3) is 7.11. The fourth-order valence-electron chi connectivity index (χ4n) is 2.60. The van der Waals surface area contributed by atoms with Crippen LogP contribution in [0, 0.1) is 0 Å². The topological polar surface area (TPSA) is 79.8 Å². The Bertz CT molecular complexity index is 1200. The van der Waals surface area contributed by atoms with Crippen molar-refractivity contribution in [3.63, 3.8) is 0 Å². The molecule has 0 fully saturated rings. The molecule has 3 aromatic carbocycles. The first-order valence-electron chi connectivity index (χ1n) is 9.51. The molecule has 0 radical (unpaired) electrons. The number of nitrogens with one attached hydrogen (secondary N) is 2. The molecular weight excluding hydrogens is 508 g/mol. The van der Waals surface area contributed by atoms with Gasteiger partial charge in [0.2, 0.25) is 0 Å². The van der Waals surface area contributed by atoms with Gasteiger partial charge in [-0.25, -0.2) is 5.43 Å². The van der Waals surface area contributed by atoms with Gasteiger partial charge < -0.3 is 10.1 Å². The molecule has 0 aliphatic rings. The molecule has 2 amide bonds. The summed E-state index contributed by atoms with van der Waals surface area (Å²) in [4.78, 5) is 24.3. The number of anilines is 1. The van der Waals surface area contributed by atoms with Crippen molar-refractivity contribution < 1.29 is 14.3 Å². The van der Waals surface area contributed by atoms with Crippen LogP contribution in [-0.4, -0.2) is 24.1 Å². The Morgan fingerprint density at radius 1 is 0.848 bits per heavy atom. The molecule has 10 heteroatoms. The predicted octanol–water partition coefficient (Wildman–Crippen LogP) is 6.47. The number of rotatable bonds is 7. The van der Waals surface area contributed by atoms with Gasteiger partial charge in [0.15, 0.2) is 6.61 Å². The van der Waals surface area contributed by atoms with E-state index in [4.69, 9.17) is 51.1 Å². The van der Waals surface area contributed by atoms with Gasteiger partial charge in [-0.05, 0) is 55.0 Å². The van der Waals surface area contributed by atoms with Crippen molar-refractivity contribution in [2.75, 3.05) is 11.9 Å². The third-order valence-electron chi connectivity index (χ3n) is 4.35. The van der Waals surface area contributed by atoms with Crippen LogP contribution in [0.1, 0.15) is 22.8 Å². The maximum absolute atomic E-state index is 12.3. The molecule has 0 aromatic heterocycles. The van der Waals surface area contributed by atoms with E-state index in [1.807, 2.05) is 0 Å². The fourth-order valence-corrected chi connectivity index (χ4v) is 3.32. The zero-order valence-corrected chi connectivity index (χ0v) is 20.2. The second-order valence-electron chi connectivity index (χ2n) is 6.76. The van der Waals surface area contributed by atoms with Gasteiger partial charge in [0.05, 0.1) is 20.8 Å². The van der Waals surface area contributed by atoms with E-state index in [2.05, 4.69) is 15.8 Å². The quantitative estimate of drug-likeness (QED) is 0.211. The van der Waals surface area contributed by atoms with Crippen molar-refractivity contribution in [3.8, 4) is 5.75 Å². The lowest BCUT2D eigenvalue weighted by atomic mass is 10.1. The van der Waals surface area contributed by atoms with Crippen LogP contribution in [0.3, 0.4) is 0 Å². The standard InChI is InChI=1S/C23H17Cl4N3O3/c1-13(29-30-22(31)12-33-21-11-19(26)18(25)10-20(21)27)14-4-8-17(9-5-14)28-23(32)15-2-6-16(24)7-3-15/h2-11H,12H2,1H3,(H,28,32)(H,30,31)/b29-13-. The first-order chi connectivity index (χ1) is 15.7. The van der Waals surface area contributed by atoms with Crippen LogP contribution in [0.2, 0.25) is 20.1 Å². The smallest absolute Gasteiger partial charge is 0.277 e. The van der Waals surface area contributed by atoms with Crippen molar-refractivity contribution in [3.05, 3.63) is 91.9 Å². The first-order valence-corrected chi connectivity index (χ1v) is 11.0. The van der Waals surface area contributed by atoms with Crippen molar-refractivity contribution in [1.82, 2.24) is 5.43 Å². The molecule has 0 aliphatic carbocycles. The Balaban J connectivity index is 1.53. The van der Waals surface area contributed by atoms with Gasteiger partial charge in [0.1, 0.15) is 5.75 Å². The molecule has 3 aromatic rings. The lowest BCUT2D eigenvalue weighted by molar-refractivity contribution is -0.123. The van der Waals surface area contributed by atoms with Crippen LogP contribution in [0.5, 0.6) is 5.75 Å². The highest BCUT2D eigenvalue weighted by Crippen LogP contribution is 2.33. The van der Waals surface area contributed by atoms with E-state index >= 15 is 0 Å². The van der Waals surface area contributed by atoms with Gasteiger partial charge in [-0.2, -0.15) is 5.10 Å². The summed E-state index contributed by atoms with van der Waals surface area (Å²) in [6, 6.07) is 16.5. The van der Waals surface area contributed by atoms with E-state index in [0.29, 0.717) is 22.0 Å². The number of hydrazone groups is 1. The number of amides is 2. The minimum Gasteiger partial charge on any atom is -0.482 e. The van der Waals surface area contributed by atoms with Crippen LogP contribution in [0.4, 0.5) is 5.69 Å². The van der Waals surface area contributed by atoms with Crippen LogP contribution in [-0.2, 0) is 4.79 Å². The Hall–Kier alpha value is -2.77. The molecule has 170 valence electrons. The first kappa shape index (κ1) is 24.9. The maximum atomic E-state index is 12.3. The Labute approximate surface area is 210 Å². The molecule has 0 spiro atoms. The molecule has 0 saturated heterocycles. The average molecular weight is 525 g/mol. The summed E-state index contributed by atoms with van der Waals surface area (Å²) in [5, 5.41) is 8.21. The Kier molecular flexibility index (Phi) is 8.58. The summed E-state index contributed by atoms with van der Waals surface area (Å²) in [7, 11) is 0. The van der Waals surface area contributed by atoms with E-state index in [9.17, 15) is 9.59 Å². The number of benzene rings is 3. The van der Waals surface area contributed by atoms with E-state index < -0.39 is 5.91 Å². The minimum absolute atomic E-state index is 0.234. The molecule has 0 atom stereocenters. The zero-order chi connectivity index (χ0) is 24.0. The van der Waals surface area contributed by atoms with E-state index in [1.54, 1.807) is 55.5 Å². The number of ether oxygens (including phenoxy) is 1. The lowest BCUT2D eigenvalue weighted by Crippen LogP contribution is -2.25. The average Bonchev–Trinajstić information content (AvgIpc) is 2.79. The van der Waals surface area contributed by atoms with Gasteiger partial charge in [-0.15, -0.1) is 0 Å². The molecule has 3 rings (SSSR count). The third-order valence-corrected chi connectivity index (χ3v) is 5.62. The summed E-state index contributed by atoms with van der Waals surface area (Å²) in [6.07, 6.45) is 0. The molecule has 0 heterocycles. The molecule has 2 N–H and O–H groups in total. The normalized spacial score (nSPS) is 11.1. The maximum Gasteiger partial charge on any atom is 0.277 e. The predicted molar refractivity (Wildman–Crippen MR) is 133 cm³/mol. The highest BCUT2D eigenvalue weighted by atomic mass is 35.5. The number of hydrogen-bond acceptors (Lipinski definition) is 4. The van der Waals surface area contributed by atoms with Crippen molar-refractivity contribution in [2.45, 2.75) is 6.92 Å². The molecular formula is C23H17Cl4N3O3. The number of carbonyl (C=O) groups excluding carboxylic acids is 2. The monoisotopic (exact) mass is 523 g/mol. The van der Waals surface area contributed by atoms with E-state index in [-0.39, 0.29) is 33.3 Å². The summed E-state index contributed by atoms with van der Waals surface area (Å²) in [6.45, 7) is 1.42. The molecule has 0 bridgehead atoms. The summed E-state index contributed by atoms with van der Waals surface area (Å²) < 4.78 is 5.36. The second-order valence-corrected chi connectivity index (χ2v) is 8.41. The number of hydrogen-bond donors (Lipinski definition) is 2. The van der Waals surface area contributed by atoms with Gasteiger partial charge >= 0.3 is 0 Å². The summed E-state index contributed by atoms with van der Waals surface area (Å²) in [5.41, 5.74) is 4.84.